The second-order valence-corrected chi connectivity index (χ2v) is 11.1. The van der Waals surface area contributed by atoms with Crippen molar-refractivity contribution in [1.82, 2.24) is 15.5 Å². The number of para-hydroxylation sites is 1. The van der Waals surface area contributed by atoms with Crippen LogP contribution in [0.25, 0.3) is 0 Å². The summed E-state index contributed by atoms with van der Waals surface area (Å²) >= 11 is 0. The summed E-state index contributed by atoms with van der Waals surface area (Å²) in [7, 11) is 0. The van der Waals surface area contributed by atoms with E-state index in [0.29, 0.717) is 12.0 Å². The van der Waals surface area contributed by atoms with Crippen molar-refractivity contribution in [3.63, 3.8) is 0 Å². The van der Waals surface area contributed by atoms with Gasteiger partial charge in [-0.25, -0.2) is 4.79 Å². The Kier molecular flexibility index (Phi) is 11.4. The molecular formula is C33H41N3O6. The standard InChI is InChI=1S/C33H41N3O6/c1-5-6-20-36(29(26-14-10-11-15-28(26)38)30(39)34-22-24-12-8-7-9-13-24)31(40)27(35-32(41)42-33(2,3)4)21-23-16-18-25(37)19-17-23/h7-19,27,29,37-38H,5-6,20-22H2,1-4H3,(H,34,39)(H,35,41). The average Bonchev–Trinajstić information content (AvgIpc) is 2.94. The van der Waals surface area contributed by atoms with Crippen LogP contribution >= 0.6 is 0 Å². The van der Waals surface area contributed by atoms with E-state index in [-0.39, 0.29) is 36.6 Å². The zero-order chi connectivity index (χ0) is 30.7. The van der Waals surface area contributed by atoms with Crippen LogP contribution in [0.1, 0.15) is 63.3 Å². The molecule has 0 spiro atoms. The smallest absolute Gasteiger partial charge is 0.408 e. The molecule has 0 aliphatic heterocycles. The van der Waals surface area contributed by atoms with Gasteiger partial charge in [-0.3, -0.25) is 9.59 Å². The minimum Gasteiger partial charge on any atom is -0.508 e. The van der Waals surface area contributed by atoms with Gasteiger partial charge in [-0.15, -0.1) is 0 Å². The van der Waals surface area contributed by atoms with Crippen LogP contribution < -0.4 is 10.6 Å². The van der Waals surface area contributed by atoms with Crippen LogP contribution in [0.15, 0.2) is 78.9 Å². The molecule has 9 nitrogen and oxygen atoms in total. The normalized spacial score (nSPS) is 12.6. The van der Waals surface area contributed by atoms with Gasteiger partial charge in [-0.2, -0.15) is 0 Å². The molecule has 3 aromatic carbocycles. The maximum absolute atomic E-state index is 14.4. The molecule has 4 N–H and O–H groups in total. The second-order valence-electron chi connectivity index (χ2n) is 11.1. The van der Waals surface area contributed by atoms with Gasteiger partial charge in [0.05, 0.1) is 0 Å². The van der Waals surface area contributed by atoms with Crippen molar-refractivity contribution in [1.29, 1.82) is 0 Å². The number of phenols is 2. The molecular weight excluding hydrogens is 534 g/mol. The number of phenolic OH excluding ortho intramolecular Hbond substituents is 2. The first-order chi connectivity index (χ1) is 20.0. The number of nitrogens with zero attached hydrogens (tertiary/aromatic N) is 1. The molecule has 0 radical (unpaired) electrons. The van der Waals surface area contributed by atoms with Crippen molar-refractivity contribution < 1.29 is 29.3 Å². The number of hydrogen-bond donors (Lipinski definition) is 4. The molecule has 0 bridgehead atoms. The summed E-state index contributed by atoms with van der Waals surface area (Å²) in [4.78, 5) is 42.5. The number of aromatic hydroxyl groups is 2. The van der Waals surface area contributed by atoms with Gasteiger partial charge in [-0.1, -0.05) is 74.0 Å². The maximum Gasteiger partial charge on any atom is 0.408 e. The van der Waals surface area contributed by atoms with E-state index >= 15 is 0 Å². The number of benzene rings is 3. The number of hydrogen-bond acceptors (Lipinski definition) is 6. The van der Waals surface area contributed by atoms with E-state index in [9.17, 15) is 24.6 Å². The van der Waals surface area contributed by atoms with E-state index in [1.165, 1.54) is 23.1 Å². The third-order valence-electron chi connectivity index (χ3n) is 6.50. The Balaban J connectivity index is 2.02. The van der Waals surface area contributed by atoms with Crippen LogP contribution in [0, 0.1) is 0 Å². The van der Waals surface area contributed by atoms with Crippen LogP contribution in [0.4, 0.5) is 4.79 Å². The second kappa shape index (κ2) is 14.9. The Labute approximate surface area is 247 Å². The van der Waals surface area contributed by atoms with E-state index in [1.807, 2.05) is 37.3 Å². The number of nitrogens with one attached hydrogen (secondary N) is 2. The van der Waals surface area contributed by atoms with Gasteiger partial charge in [0.1, 0.15) is 29.2 Å². The van der Waals surface area contributed by atoms with Crippen LogP contribution in [0.2, 0.25) is 0 Å². The van der Waals surface area contributed by atoms with E-state index in [4.69, 9.17) is 4.74 Å². The van der Waals surface area contributed by atoms with Gasteiger partial charge in [-0.05, 0) is 56.5 Å². The summed E-state index contributed by atoms with van der Waals surface area (Å²) in [5.74, 6) is -1.03. The van der Waals surface area contributed by atoms with E-state index in [1.54, 1.807) is 51.1 Å². The van der Waals surface area contributed by atoms with Crippen LogP contribution in [-0.2, 0) is 27.3 Å². The largest absolute Gasteiger partial charge is 0.508 e. The summed E-state index contributed by atoms with van der Waals surface area (Å²) in [6.07, 6.45) is 0.633. The minimum absolute atomic E-state index is 0.0704. The molecule has 0 aliphatic rings. The summed E-state index contributed by atoms with van der Waals surface area (Å²) < 4.78 is 5.46. The molecule has 0 saturated carbocycles. The van der Waals surface area contributed by atoms with Crippen LogP contribution in [0.5, 0.6) is 11.5 Å². The molecule has 3 rings (SSSR count). The highest BCUT2D eigenvalue weighted by Crippen LogP contribution is 2.30. The van der Waals surface area contributed by atoms with E-state index < -0.39 is 35.6 Å². The van der Waals surface area contributed by atoms with Crippen molar-refractivity contribution in [3.05, 3.63) is 95.6 Å². The monoisotopic (exact) mass is 575 g/mol. The van der Waals surface area contributed by atoms with Gasteiger partial charge >= 0.3 is 6.09 Å². The highest BCUT2D eigenvalue weighted by molar-refractivity contribution is 5.92. The average molecular weight is 576 g/mol. The lowest BCUT2D eigenvalue weighted by Gasteiger charge is -2.35. The first-order valence-corrected chi connectivity index (χ1v) is 14.2. The van der Waals surface area contributed by atoms with Crippen molar-refractivity contribution in [2.75, 3.05) is 6.54 Å². The number of ether oxygens (including phenoxy) is 1. The van der Waals surface area contributed by atoms with Gasteiger partial charge in [0.15, 0.2) is 0 Å². The number of amides is 3. The van der Waals surface area contributed by atoms with Gasteiger partial charge in [0.2, 0.25) is 11.8 Å². The maximum atomic E-state index is 14.4. The Morgan fingerprint density at radius 1 is 0.881 bits per heavy atom. The molecule has 3 aromatic rings. The van der Waals surface area contributed by atoms with Gasteiger partial charge in [0.25, 0.3) is 0 Å². The van der Waals surface area contributed by atoms with Crippen LogP contribution in [0.3, 0.4) is 0 Å². The minimum atomic E-state index is -1.17. The summed E-state index contributed by atoms with van der Waals surface area (Å²) in [5.41, 5.74) is 1.04. The lowest BCUT2D eigenvalue weighted by atomic mass is 9.99. The molecule has 0 fully saturated rings. The molecule has 2 unspecified atom stereocenters. The Bertz CT molecular complexity index is 1320. The zero-order valence-electron chi connectivity index (χ0n) is 24.7. The molecule has 0 aliphatic carbocycles. The van der Waals surface area contributed by atoms with Crippen molar-refractivity contribution >= 4 is 17.9 Å². The fourth-order valence-corrected chi connectivity index (χ4v) is 4.46. The van der Waals surface area contributed by atoms with Gasteiger partial charge < -0.3 is 30.5 Å². The molecule has 0 saturated heterocycles. The Hall–Kier alpha value is -4.53. The SMILES string of the molecule is CCCCN(C(=O)C(Cc1ccc(O)cc1)NC(=O)OC(C)(C)C)C(C(=O)NCc1ccccc1)c1ccccc1O. The lowest BCUT2D eigenvalue weighted by Crippen LogP contribution is -2.54. The van der Waals surface area contributed by atoms with Gasteiger partial charge in [0, 0.05) is 25.1 Å². The number of alkyl carbamates (subject to hydrolysis) is 1. The molecule has 9 heteroatoms. The molecule has 224 valence electrons. The van der Waals surface area contributed by atoms with Crippen molar-refractivity contribution in [2.24, 2.45) is 0 Å². The fourth-order valence-electron chi connectivity index (χ4n) is 4.46. The van der Waals surface area contributed by atoms with Crippen molar-refractivity contribution in [2.45, 2.75) is 71.2 Å². The summed E-state index contributed by atoms with van der Waals surface area (Å²) in [6, 6.07) is 19.9. The highest BCUT2D eigenvalue weighted by atomic mass is 16.6. The number of carbonyl (C=O) groups excluding carboxylic acids is 3. The summed E-state index contributed by atoms with van der Waals surface area (Å²) in [5, 5.41) is 26.2. The molecule has 0 aromatic heterocycles. The molecule has 42 heavy (non-hydrogen) atoms. The molecule has 2 atom stereocenters. The molecule has 0 heterocycles. The first-order valence-electron chi connectivity index (χ1n) is 14.2. The Morgan fingerprint density at radius 3 is 2.14 bits per heavy atom. The number of carbonyl (C=O) groups is 3. The first kappa shape index (κ1) is 32.0. The van der Waals surface area contributed by atoms with E-state index in [0.717, 1.165) is 12.0 Å². The summed E-state index contributed by atoms with van der Waals surface area (Å²) in [6.45, 7) is 7.58. The quantitative estimate of drug-likeness (QED) is 0.234. The topological polar surface area (TPSA) is 128 Å². The number of rotatable bonds is 12. The molecule has 3 amide bonds. The highest BCUT2D eigenvalue weighted by Gasteiger charge is 2.37. The third-order valence-corrected chi connectivity index (χ3v) is 6.50. The third kappa shape index (κ3) is 9.54. The fraction of sp³-hybridized carbons (Fsp3) is 0.364. The number of unbranched alkanes of at least 4 members (excludes halogenated alkanes) is 1. The van der Waals surface area contributed by atoms with E-state index in [2.05, 4.69) is 10.6 Å². The lowest BCUT2D eigenvalue weighted by molar-refractivity contribution is -0.142. The van der Waals surface area contributed by atoms with Crippen molar-refractivity contribution in [3.8, 4) is 11.5 Å². The Morgan fingerprint density at radius 2 is 1.52 bits per heavy atom. The predicted octanol–water partition coefficient (Wildman–Crippen LogP) is 5.22. The van der Waals surface area contributed by atoms with Crippen LogP contribution in [-0.4, -0.2) is 51.2 Å². The zero-order valence-corrected chi connectivity index (χ0v) is 24.7. The predicted molar refractivity (Wildman–Crippen MR) is 161 cm³/mol.